The molecule has 1 saturated heterocycles. The van der Waals surface area contributed by atoms with Gasteiger partial charge in [0.1, 0.15) is 11.5 Å². The molecule has 6 nitrogen and oxygen atoms in total. The summed E-state index contributed by atoms with van der Waals surface area (Å²) in [6.07, 6.45) is 3.14. The predicted molar refractivity (Wildman–Crippen MR) is 117 cm³/mol. The molecule has 0 bridgehead atoms. The molecule has 1 fully saturated rings. The van der Waals surface area contributed by atoms with E-state index in [1.165, 1.54) is 5.00 Å². The zero-order valence-corrected chi connectivity index (χ0v) is 17.5. The van der Waals surface area contributed by atoms with Gasteiger partial charge in [-0.1, -0.05) is 6.07 Å². The van der Waals surface area contributed by atoms with Crippen molar-refractivity contribution in [3.63, 3.8) is 0 Å². The lowest BCUT2D eigenvalue weighted by Crippen LogP contribution is -2.48. The SMILES string of the molecule is CN=C(NCCCOc1cccc(OC)c1)NC1CCN(c2cccs2)CC1. The van der Waals surface area contributed by atoms with Crippen molar-refractivity contribution in [2.24, 2.45) is 4.99 Å². The Labute approximate surface area is 171 Å². The number of hydrogen-bond acceptors (Lipinski definition) is 5. The number of guanidine groups is 1. The molecular formula is C21H30N4O2S. The standard InChI is InChI=1S/C21H30N4O2S/c1-22-21(23-11-5-14-27-19-7-3-6-18(16-19)26-2)24-17-9-12-25(13-10-17)20-8-4-15-28-20/h3-4,6-8,15-17H,5,9-14H2,1-2H3,(H2,22,23,24). The van der Waals surface area contributed by atoms with Gasteiger partial charge < -0.3 is 25.0 Å². The Bertz CT molecular complexity index is 728. The highest BCUT2D eigenvalue weighted by atomic mass is 32.1. The van der Waals surface area contributed by atoms with Crippen LogP contribution in [0.15, 0.2) is 46.8 Å². The lowest BCUT2D eigenvalue weighted by atomic mass is 10.1. The third-order valence-corrected chi connectivity index (χ3v) is 5.73. The van der Waals surface area contributed by atoms with Gasteiger partial charge in [-0.25, -0.2) is 0 Å². The summed E-state index contributed by atoms with van der Waals surface area (Å²) >= 11 is 1.82. The summed E-state index contributed by atoms with van der Waals surface area (Å²) in [4.78, 5) is 6.82. The van der Waals surface area contributed by atoms with Crippen LogP contribution in [-0.2, 0) is 0 Å². The molecule has 2 N–H and O–H groups in total. The van der Waals surface area contributed by atoms with Crippen LogP contribution in [0.4, 0.5) is 5.00 Å². The fourth-order valence-corrected chi connectivity index (χ4v) is 4.03. The number of rotatable bonds is 8. The number of aliphatic imine (C=N–C) groups is 1. The number of ether oxygens (including phenoxy) is 2. The van der Waals surface area contributed by atoms with Gasteiger partial charge in [0, 0.05) is 38.8 Å². The first-order valence-corrected chi connectivity index (χ1v) is 10.7. The van der Waals surface area contributed by atoms with E-state index in [0.717, 1.165) is 56.4 Å². The van der Waals surface area contributed by atoms with Gasteiger partial charge in [0.15, 0.2) is 5.96 Å². The molecule has 0 spiro atoms. The van der Waals surface area contributed by atoms with Crippen LogP contribution in [0.3, 0.4) is 0 Å². The van der Waals surface area contributed by atoms with Gasteiger partial charge in [-0.3, -0.25) is 4.99 Å². The Hall–Kier alpha value is -2.41. The van der Waals surface area contributed by atoms with Crippen LogP contribution in [0.5, 0.6) is 11.5 Å². The molecule has 1 aliphatic rings. The van der Waals surface area contributed by atoms with Gasteiger partial charge in [0.05, 0.1) is 18.7 Å². The largest absolute Gasteiger partial charge is 0.497 e. The molecule has 1 aliphatic heterocycles. The summed E-state index contributed by atoms with van der Waals surface area (Å²) < 4.78 is 11.0. The average molecular weight is 403 g/mol. The highest BCUT2D eigenvalue weighted by Crippen LogP contribution is 2.24. The van der Waals surface area contributed by atoms with Crippen LogP contribution in [0.25, 0.3) is 0 Å². The minimum Gasteiger partial charge on any atom is -0.497 e. The summed E-state index contributed by atoms with van der Waals surface area (Å²) in [6, 6.07) is 12.5. The van der Waals surface area contributed by atoms with Crippen molar-refractivity contribution < 1.29 is 9.47 Å². The molecule has 1 aromatic heterocycles. The highest BCUT2D eigenvalue weighted by Gasteiger charge is 2.20. The smallest absolute Gasteiger partial charge is 0.191 e. The lowest BCUT2D eigenvalue weighted by molar-refractivity contribution is 0.308. The number of nitrogens with zero attached hydrogens (tertiary/aromatic N) is 2. The Balaban J connectivity index is 1.31. The average Bonchev–Trinajstić information content (AvgIpc) is 3.28. The molecule has 152 valence electrons. The van der Waals surface area contributed by atoms with Crippen molar-refractivity contribution in [3.05, 3.63) is 41.8 Å². The first kappa shape index (κ1) is 20.3. The summed E-state index contributed by atoms with van der Waals surface area (Å²) in [6.45, 7) is 3.64. The maximum atomic E-state index is 5.78. The first-order chi connectivity index (χ1) is 13.8. The van der Waals surface area contributed by atoms with Crippen LogP contribution < -0.4 is 25.0 Å². The van der Waals surface area contributed by atoms with Crippen molar-refractivity contribution >= 4 is 22.3 Å². The van der Waals surface area contributed by atoms with E-state index in [4.69, 9.17) is 9.47 Å². The van der Waals surface area contributed by atoms with Crippen LogP contribution in [0.1, 0.15) is 19.3 Å². The number of thiophene rings is 1. The zero-order valence-electron chi connectivity index (χ0n) is 16.7. The van der Waals surface area contributed by atoms with Gasteiger partial charge in [-0.2, -0.15) is 0 Å². The summed E-state index contributed by atoms with van der Waals surface area (Å²) in [5.74, 6) is 2.51. The van der Waals surface area contributed by atoms with Crippen LogP contribution in [-0.4, -0.2) is 52.4 Å². The molecule has 2 heterocycles. The molecule has 0 atom stereocenters. The Morgan fingerprint density at radius 3 is 2.75 bits per heavy atom. The maximum Gasteiger partial charge on any atom is 0.191 e. The Morgan fingerprint density at radius 2 is 2.04 bits per heavy atom. The number of benzene rings is 1. The molecule has 0 saturated carbocycles. The van der Waals surface area contributed by atoms with E-state index >= 15 is 0 Å². The molecule has 2 aromatic rings. The van der Waals surface area contributed by atoms with Crippen LogP contribution in [0, 0.1) is 0 Å². The minimum atomic E-state index is 0.468. The second-order valence-corrected chi connectivity index (χ2v) is 7.66. The summed E-state index contributed by atoms with van der Waals surface area (Å²) in [7, 11) is 3.48. The van der Waals surface area contributed by atoms with Crippen LogP contribution in [0.2, 0.25) is 0 Å². The van der Waals surface area contributed by atoms with Gasteiger partial charge in [-0.15, -0.1) is 11.3 Å². The van der Waals surface area contributed by atoms with Gasteiger partial charge in [-0.05, 0) is 48.9 Å². The molecule has 1 aromatic carbocycles. The second kappa shape index (κ2) is 10.8. The van der Waals surface area contributed by atoms with E-state index in [0.29, 0.717) is 12.6 Å². The monoisotopic (exact) mass is 402 g/mol. The molecular weight excluding hydrogens is 372 g/mol. The maximum absolute atomic E-state index is 5.78. The van der Waals surface area contributed by atoms with E-state index in [1.54, 1.807) is 7.11 Å². The van der Waals surface area contributed by atoms with E-state index in [-0.39, 0.29) is 0 Å². The topological polar surface area (TPSA) is 58.1 Å². The Morgan fingerprint density at radius 1 is 1.21 bits per heavy atom. The molecule has 0 unspecified atom stereocenters. The van der Waals surface area contributed by atoms with Crippen molar-refractivity contribution in [3.8, 4) is 11.5 Å². The van der Waals surface area contributed by atoms with Crippen molar-refractivity contribution in [2.75, 3.05) is 45.3 Å². The first-order valence-electron chi connectivity index (χ1n) is 9.81. The van der Waals surface area contributed by atoms with Gasteiger partial charge >= 0.3 is 0 Å². The summed E-state index contributed by atoms with van der Waals surface area (Å²) in [5, 5.41) is 10.5. The predicted octanol–water partition coefficient (Wildman–Crippen LogP) is 3.36. The van der Waals surface area contributed by atoms with Gasteiger partial charge in [0.2, 0.25) is 0 Å². The van der Waals surface area contributed by atoms with E-state index < -0.39 is 0 Å². The fraction of sp³-hybridized carbons (Fsp3) is 0.476. The third kappa shape index (κ3) is 6.05. The van der Waals surface area contributed by atoms with Crippen molar-refractivity contribution in [1.29, 1.82) is 0 Å². The van der Waals surface area contributed by atoms with E-state index in [9.17, 15) is 0 Å². The van der Waals surface area contributed by atoms with Crippen molar-refractivity contribution in [1.82, 2.24) is 10.6 Å². The number of hydrogen-bond donors (Lipinski definition) is 2. The fourth-order valence-electron chi connectivity index (χ4n) is 3.24. The Kier molecular flexibility index (Phi) is 7.84. The second-order valence-electron chi connectivity index (χ2n) is 6.74. The number of methoxy groups -OCH3 is 1. The number of anilines is 1. The third-order valence-electron chi connectivity index (χ3n) is 4.80. The normalized spacial score (nSPS) is 15.4. The lowest BCUT2D eigenvalue weighted by Gasteiger charge is -2.33. The summed E-state index contributed by atoms with van der Waals surface area (Å²) in [5.41, 5.74) is 0. The van der Waals surface area contributed by atoms with E-state index in [1.807, 2.05) is 42.6 Å². The molecule has 0 aliphatic carbocycles. The van der Waals surface area contributed by atoms with Crippen LogP contribution >= 0.6 is 11.3 Å². The minimum absolute atomic E-state index is 0.468. The number of nitrogens with one attached hydrogen (secondary N) is 2. The highest BCUT2D eigenvalue weighted by molar-refractivity contribution is 7.14. The molecule has 7 heteroatoms. The molecule has 0 radical (unpaired) electrons. The zero-order chi connectivity index (χ0) is 19.6. The number of piperidine rings is 1. The quantitative estimate of drug-likeness (QED) is 0.403. The van der Waals surface area contributed by atoms with E-state index in [2.05, 4.69) is 38.0 Å². The van der Waals surface area contributed by atoms with Crippen molar-refractivity contribution in [2.45, 2.75) is 25.3 Å². The van der Waals surface area contributed by atoms with Gasteiger partial charge in [0.25, 0.3) is 0 Å². The molecule has 28 heavy (non-hydrogen) atoms. The molecule has 0 amide bonds. The molecule has 3 rings (SSSR count).